The van der Waals surface area contributed by atoms with Crippen LogP contribution in [0.25, 0.3) is 6.08 Å². The molecule has 1 saturated heterocycles. The van der Waals surface area contributed by atoms with Gasteiger partial charge in [-0.05, 0) is 37.5 Å². The lowest BCUT2D eigenvalue weighted by molar-refractivity contribution is -0.933. The minimum absolute atomic E-state index is 0.184. The van der Waals surface area contributed by atoms with E-state index >= 15 is 0 Å². The van der Waals surface area contributed by atoms with Crippen LogP contribution in [0.15, 0.2) is 24.3 Å². The quantitative estimate of drug-likeness (QED) is 0.660. The van der Waals surface area contributed by atoms with E-state index in [9.17, 15) is 10.2 Å². The van der Waals surface area contributed by atoms with Crippen molar-refractivity contribution in [3.63, 3.8) is 0 Å². The summed E-state index contributed by atoms with van der Waals surface area (Å²) >= 11 is 0. The molecule has 5 heteroatoms. The zero-order valence-corrected chi connectivity index (χ0v) is 14.7. The van der Waals surface area contributed by atoms with Gasteiger partial charge >= 0.3 is 0 Å². The van der Waals surface area contributed by atoms with E-state index in [1.165, 1.54) is 4.90 Å². The molecule has 0 bridgehead atoms. The van der Waals surface area contributed by atoms with Gasteiger partial charge in [-0.15, -0.1) is 0 Å². The van der Waals surface area contributed by atoms with E-state index < -0.39 is 6.10 Å². The Kier molecular flexibility index (Phi) is 7.56. The van der Waals surface area contributed by atoms with Crippen LogP contribution >= 0.6 is 0 Å². The molecule has 1 aromatic rings. The van der Waals surface area contributed by atoms with Crippen LogP contribution in [-0.2, 0) is 0 Å². The van der Waals surface area contributed by atoms with E-state index in [-0.39, 0.29) is 19.3 Å². The normalized spacial score (nSPS) is 22.5. The zero-order chi connectivity index (χ0) is 17.4. The summed E-state index contributed by atoms with van der Waals surface area (Å²) < 4.78 is 11.1. The lowest BCUT2D eigenvalue weighted by atomic mass is 10.0. The Bertz CT molecular complexity index is 532. The van der Waals surface area contributed by atoms with E-state index in [1.807, 2.05) is 37.3 Å². The maximum absolute atomic E-state index is 10.3. The fourth-order valence-corrected chi connectivity index (χ4v) is 3.29. The Morgan fingerprint density at radius 2 is 2.17 bits per heavy atom. The largest absolute Gasteiger partial charge is 0.493 e. The predicted octanol–water partition coefficient (Wildman–Crippen LogP) is 0.898. The third-order valence-corrected chi connectivity index (χ3v) is 4.57. The summed E-state index contributed by atoms with van der Waals surface area (Å²) in [6, 6.07) is 5.98. The van der Waals surface area contributed by atoms with Gasteiger partial charge in [-0.3, -0.25) is 0 Å². The van der Waals surface area contributed by atoms with Crippen LogP contribution in [-0.4, -0.2) is 55.8 Å². The number of aliphatic hydroxyl groups excluding tert-OH is 2. The Hall–Kier alpha value is -1.56. The first-order valence-electron chi connectivity index (χ1n) is 8.75. The summed E-state index contributed by atoms with van der Waals surface area (Å²) in [5, 5.41) is 19.8. The minimum Gasteiger partial charge on any atom is -0.493 e. The fraction of sp³-hybridized carbons (Fsp3) is 0.579. The number of rotatable bonds is 8. The van der Waals surface area contributed by atoms with Crippen LogP contribution in [0.5, 0.6) is 11.5 Å². The number of quaternary nitrogens is 1. The molecular formula is C19H30NO4+. The van der Waals surface area contributed by atoms with Gasteiger partial charge in [0.1, 0.15) is 25.3 Å². The first-order chi connectivity index (χ1) is 11.7. The maximum Gasteiger partial charge on any atom is 0.161 e. The molecule has 0 aliphatic carbocycles. The van der Waals surface area contributed by atoms with Crippen molar-refractivity contribution in [1.82, 2.24) is 0 Å². The molecule has 2 rings (SSSR count). The van der Waals surface area contributed by atoms with Crippen molar-refractivity contribution in [2.24, 2.45) is 0 Å². The van der Waals surface area contributed by atoms with E-state index in [2.05, 4.69) is 0 Å². The smallest absolute Gasteiger partial charge is 0.161 e. The number of benzene rings is 1. The third-order valence-electron chi connectivity index (χ3n) is 4.57. The standard InChI is InChI=1S/C19H29NO4/c1-3-6-15-8-9-18(19(11-15)23-2)24-14-17(22)12-20-10-5-4-7-16(20)13-21/h3,6,8-9,11,16-17,21-22H,4-5,7,10,12-14H2,1-2H3/p+1/b6-3+/t16-,17+/m1/s1. The molecule has 0 amide bonds. The predicted molar refractivity (Wildman–Crippen MR) is 94.6 cm³/mol. The average molecular weight is 336 g/mol. The van der Waals surface area contributed by atoms with Gasteiger partial charge < -0.3 is 24.6 Å². The number of ether oxygens (including phenoxy) is 2. The van der Waals surface area contributed by atoms with Gasteiger partial charge in [-0.1, -0.05) is 18.2 Å². The SMILES string of the molecule is C/C=C/c1ccc(OC[C@@H](O)C[NH+]2CCCC[C@@H]2CO)c(OC)c1. The number of piperidine rings is 1. The van der Waals surface area contributed by atoms with E-state index in [4.69, 9.17) is 9.47 Å². The first kappa shape index (κ1) is 18.8. The van der Waals surface area contributed by atoms with Crippen molar-refractivity contribution in [2.45, 2.75) is 38.3 Å². The molecule has 0 saturated carbocycles. The third kappa shape index (κ3) is 5.23. The van der Waals surface area contributed by atoms with Crippen molar-refractivity contribution < 1.29 is 24.6 Å². The van der Waals surface area contributed by atoms with Crippen molar-refractivity contribution in [1.29, 1.82) is 0 Å². The monoisotopic (exact) mass is 336 g/mol. The van der Waals surface area contributed by atoms with Crippen LogP contribution in [0.2, 0.25) is 0 Å². The molecule has 1 fully saturated rings. The molecule has 0 aromatic heterocycles. The van der Waals surface area contributed by atoms with Gasteiger partial charge in [0, 0.05) is 6.42 Å². The highest BCUT2D eigenvalue weighted by Crippen LogP contribution is 2.28. The maximum atomic E-state index is 10.3. The summed E-state index contributed by atoms with van der Waals surface area (Å²) in [5.41, 5.74) is 1.05. The number of aliphatic hydroxyl groups is 2. The second-order valence-corrected chi connectivity index (χ2v) is 6.36. The van der Waals surface area contributed by atoms with Gasteiger partial charge in [0.2, 0.25) is 0 Å². The molecule has 1 aliphatic rings. The van der Waals surface area contributed by atoms with Crippen LogP contribution < -0.4 is 14.4 Å². The van der Waals surface area contributed by atoms with E-state index in [0.717, 1.165) is 31.4 Å². The molecule has 0 radical (unpaired) electrons. The highest BCUT2D eigenvalue weighted by atomic mass is 16.5. The molecule has 3 atom stereocenters. The van der Waals surface area contributed by atoms with Gasteiger partial charge in [0.25, 0.3) is 0 Å². The lowest BCUT2D eigenvalue weighted by Gasteiger charge is -2.32. The zero-order valence-electron chi connectivity index (χ0n) is 14.7. The van der Waals surface area contributed by atoms with Crippen LogP contribution in [0.4, 0.5) is 0 Å². The molecule has 1 unspecified atom stereocenters. The van der Waals surface area contributed by atoms with Crippen molar-refractivity contribution in [2.75, 3.05) is 33.4 Å². The minimum atomic E-state index is -0.563. The summed E-state index contributed by atoms with van der Waals surface area (Å²) in [4.78, 5) is 1.27. The second-order valence-electron chi connectivity index (χ2n) is 6.36. The van der Waals surface area contributed by atoms with Gasteiger partial charge in [0.05, 0.1) is 20.3 Å². The summed E-state index contributed by atoms with van der Waals surface area (Å²) in [6.45, 7) is 3.98. The lowest BCUT2D eigenvalue weighted by Crippen LogP contribution is -3.18. The molecule has 24 heavy (non-hydrogen) atoms. The van der Waals surface area contributed by atoms with Crippen molar-refractivity contribution in [3.8, 4) is 11.5 Å². The first-order valence-corrected chi connectivity index (χ1v) is 8.75. The Morgan fingerprint density at radius 1 is 1.33 bits per heavy atom. The van der Waals surface area contributed by atoms with Crippen molar-refractivity contribution in [3.05, 3.63) is 29.8 Å². The van der Waals surface area contributed by atoms with Crippen LogP contribution in [0.3, 0.4) is 0 Å². The number of likely N-dealkylation sites (tertiary alicyclic amines) is 1. The van der Waals surface area contributed by atoms with E-state index in [1.54, 1.807) is 7.11 Å². The number of hydrogen-bond acceptors (Lipinski definition) is 4. The second kappa shape index (κ2) is 9.67. The molecule has 134 valence electrons. The number of allylic oxidation sites excluding steroid dienone is 1. The van der Waals surface area contributed by atoms with Crippen LogP contribution in [0.1, 0.15) is 31.7 Å². The molecule has 1 aliphatic heterocycles. The van der Waals surface area contributed by atoms with E-state index in [0.29, 0.717) is 18.0 Å². The fourth-order valence-electron chi connectivity index (χ4n) is 3.29. The molecular weight excluding hydrogens is 306 g/mol. The summed E-state index contributed by atoms with van der Waals surface area (Å²) in [6.07, 6.45) is 6.75. The summed E-state index contributed by atoms with van der Waals surface area (Å²) in [5.74, 6) is 1.30. The highest BCUT2D eigenvalue weighted by molar-refractivity contribution is 5.55. The Morgan fingerprint density at radius 3 is 2.88 bits per heavy atom. The molecule has 1 heterocycles. The molecule has 1 aromatic carbocycles. The van der Waals surface area contributed by atoms with Gasteiger partial charge in [-0.25, -0.2) is 0 Å². The average Bonchev–Trinajstić information content (AvgIpc) is 2.61. The number of nitrogens with one attached hydrogen (secondary N) is 1. The molecule has 0 spiro atoms. The Labute approximate surface area is 144 Å². The Balaban J connectivity index is 1.90. The van der Waals surface area contributed by atoms with Crippen LogP contribution in [0, 0.1) is 0 Å². The molecule has 3 N–H and O–H groups in total. The highest BCUT2D eigenvalue weighted by Gasteiger charge is 2.27. The van der Waals surface area contributed by atoms with Gasteiger partial charge in [0.15, 0.2) is 11.5 Å². The molecule has 5 nitrogen and oxygen atoms in total. The number of methoxy groups -OCH3 is 1. The van der Waals surface area contributed by atoms with Crippen molar-refractivity contribution >= 4 is 6.08 Å². The topological polar surface area (TPSA) is 63.4 Å². The summed E-state index contributed by atoms with van der Waals surface area (Å²) in [7, 11) is 1.61. The number of hydrogen-bond donors (Lipinski definition) is 3. The van der Waals surface area contributed by atoms with Gasteiger partial charge in [-0.2, -0.15) is 0 Å².